The van der Waals surface area contributed by atoms with Crippen LogP contribution in [0.25, 0.3) is 10.8 Å². The third-order valence-corrected chi connectivity index (χ3v) is 3.75. The van der Waals surface area contributed by atoms with Crippen molar-refractivity contribution < 1.29 is 4.79 Å². The first kappa shape index (κ1) is 14.3. The van der Waals surface area contributed by atoms with E-state index in [0.29, 0.717) is 21.5 Å². The molecule has 5 nitrogen and oxygen atoms in total. The molecule has 0 aliphatic rings. The van der Waals surface area contributed by atoms with Crippen LogP contribution in [0.1, 0.15) is 16.1 Å². The van der Waals surface area contributed by atoms with Crippen LogP contribution in [-0.2, 0) is 0 Å². The molecule has 2 N–H and O–H groups in total. The molecule has 110 valence electrons. The maximum atomic E-state index is 12.4. The fourth-order valence-electron chi connectivity index (χ4n) is 2.15. The number of H-pyrrole nitrogens is 1. The highest BCUT2D eigenvalue weighted by atomic mass is 35.5. The highest BCUT2D eigenvalue weighted by molar-refractivity contribution is 6.31. The molecule has 22 heavy (non-hydrogen) atoms. The lowest BCUT2D eigenvalue weighted by Gasteiger charge is -2.08. The molecule has 0 saturated carbocycles. The van der Waals surface area contributed by atoms with E-state index in [0.717, 1.165) is 5.56 Å². The lowest BCUT2D eigenvalue weighted by molar-refractivity contribution is 0.102. The number of nitrogens with zero attached hydrogens (tertiary/aromatic N) is 1. The van der Waals surface area contributed by atoms with E-state index in [2.05, 4.69) is 15.5 Å². The van der Waals surface area contributed by atoms with E-state index in [1.165, 1.54) is 0 Å². The Morgan fingerprint density at radius 2 is 1.91 bits per heavy atom. The quantitative estimate of drug-likeness (QED) is 0.763. The maximum Gasteiger partial charge on any atom is 0.276 e. The zero-order chi connectivity index (χ0) is 15.7. The van der Waals surface area contributed by atoms with Crippen LogP contribution in [0.2, 0.25) is 5.02 Å². The number of nitrogens with one attached hydrogen (secondary N) is 2. The van der Waals surface area contributed by atoms with Gasteiger partial charge in [0.15, 0.2) is 5.69 Å². The second-order valence-corrected chi connectivity index (χ2v) is 5.27. The summed E-state index contributed by atoms with van der Waals surface area (Å²) in [5, 5.41) is 10.4. The monoisotopic (exact) mass is 313 g/mol. The first-order valence-corrected chi connectivity index (χ1v) is 6.99. The van der Waals surface area contributed by atoms with Gasteiger partial charge in [0, 0.05) is 16.1 Å². The van der Waals surface area contributed by atoms with Crippen LogP contribution in [0.4, 0.5) is 5.69 Å². The summed E-state index contributed by atoms with van der Waals surface area (Å²) in [6.07, 6.45) is 0. The minimum absolute atomic E-state index is 0.159. The van der Waals surface area contributed by atoms with Gasteiger partial charge in [-0.1, -0.05) is 35.9 Å². The van der Waals surface area contributed by atoms with Gasteiger partial charge in [0.2, 0.25) is 0 Å². The number of aromatic nitrogens is 2. The summed E-state index contributed by atoms with van der Waals surface area (Å²) >= 11 is 6.04. The van der Waals surface area contributed by atoms with Crippen LogP contribution in [0.5, 0.6) is 0 Å². The molecule has 6 heteroatoms. The number of hydrogen-bond donors (Lipinski definition) is 2. The van der Waals surface area contributed by atoms with E-state index < -0.39 is 5.91 Å². The lowest BCUT2D eigenvalue weighted by atomic mass is 10.1. The van der Waals surface area contributed by atoms with Crippen molar-refractivity contribution in [2.24, 2.45) is 0 Å². The molecule has 0 saturated heterocycles. The number of amides is 1. The second kappa shape index (κ2) is 5.61. The van der Waals surface area contributed by atoms with Crippen LogP contribution in [-0.4, -0.2) is 16.1 Å². The fourth-order valence-corrected chi connectivity index (χ4v) is 2.33. The molecule has 1 aromatic heterocycles. The van der Waals surface area contributed by atoms with Gasteiger partial charge in [-0.3, -0.25) is 9.59 Å². The van der Waals surface area contributed by atoms with E-state index in [1.807, 2.05) is 13.0 Å². The molecule has 3 rings (SSSR count). The smallest absolute Gasteiger partial charge is 0.276 e. The molecule has 0 bridgehead atoms. The second-order valence-electron chi connectivity index (χ2n) is 4.87. The van der Waals surface area contributed by atoms with Crippen molar-refractivity contribution >= 4 is 34.0 Å². The highest BCUT2D eigenvalue weighted by Gasteiger charge is 2.14. The van der Waals surface area contributed by atoms with Gasteiger partial charge in [-0.15, -0.1) is 0 Å². The average molecular weight is 314 g/mol. The van der Waals surface area contributed by atoms with Gasteiger partial charge in [-0.25, -0.2) is 5.10 Å². The first-order valence-electron chi connectivity index (χ1n) is 6.61. The van der Waals surface area contributed by atoms with Gasteiger partial charge in [-0.05, 0) is 30.7 Å². The molecule has 0 fully saturated rings. The third kappa shape index (κ3) is 2.58. The topological polar surface area (TPSA) is 74.8 Å². The summed E-state index contributed by atoms with van der Waals surface area (Å²) in [6, 6.07) is 12.1. The van der Waals surface area contributed by atoms with E-state index in [9.17, 15) is 9.59 Å². The lowest BCUT2D eigenvalue weighted by Crippen LogP contribution is -2.19. The summed E-state index contributed by atoms with van der Waals surface area (Å²) in [6.45, 7) is 1.88. The Kier molecular flexibility index (Phi) is 3.65. The number of aromatic amines is 1. The Morgan fingerprint density at radius 1 is 1.18 bits per heavy atom. The zero-order valence-corrected chi connectivity index (χ0v) is 12.4. The van der Waals surface area contributed by atoms with Gasteiger partial charge in [-0.2, -0.15) is 5.10 Å². The SMILES string of the molecule is Cc1ccc(NC(=O)c2n[nH]c(=O)c3ccccc23)cc1Cl. The van der Waals surface area contributed by atoms with Crippen molar-refractivity contribution in [3.8, 4) is 0 Å². The Balaban J connectivity index is 2.01. The minimum Gasteiger partial charge on any atom is -0.321 e. The molecule has 0 aliphatic carbocycles. The summed E-state index contributed by atoms with van der Waals surface area (Å²) in [5.74, 6) is -0.410. The molecule has 0 spiro atoms. The molecule has 1 amide bonds. The molecule has 0 radical (unpaired) electrons. The highest BCUT2D eigenvalue weighted by Crippen LogP contribution is 2.21. The summed E-state index contributed by atoms with van der Waals surface area (Å²) in [7, 11) is 0. The Bertz CT molecular complexity index is 934. The molecule has 1 heterocycles. The van der Waals surface area contributed by atoms with Gasteiger partial charge in [0.05, 0.1) is 5.39 Å². The largest absolute Gasteiger partial charge is 0.321 e. The van der Waals surface area contributed by atoms with Gasteiger partial charge in [0.25, 0.3) is 11.5 Å². The van der Waals surface area contributed by atoms with Gasteiger partial charge < -0.3 is 5.32 Å². The molecular formula is C16H12ClN3O2. The number of hydrogen-bond acceptors (Lipinski definition) is 3. The third-order valence-electron chi connectivity index (χ3n) is 3.34. The standard InChI is InChI=1S/C16H12ClN3O2/c1-9-6-7-10(8-13(9)17)18-16(22)14-11-4-2-3-5-12(11)15(21)20-19-14/h2-8H,1H3,(H,18,22)(H,20,21). The van der Waals surface area contributed by atoms with Crippen molar-refractivity contribution in [3.63, 3.8) is 0 Å². The number of benzene rings is 2. The van der Waals surface area contributed by atoms with Crippen LogP contribution in [0.15, 0.2) is 47.3 Å². The molecule has 0 aliphatic heterocycles. The van der Waals surface area contributed by atoms with Crippen LogP contribution >= 0.6 is 11.6 Å². The molecule has 3 aromatic rings. The van der Waals surface area contributed by atoms with Crippen LogP contribution in [0, 0.1) is 6.92 Å². The molecule has 0 unspecified atom stereocenters. The number of aryl methyl sites for hydroxylation is 1. The van der Waals surface area contributed by atoms with Gasteiger partial charge >= 0.3 is 0 Å². The molecular weight excluding hydrogens is 302 g/mol. The normalized spacial score (nSPS) is 10.6. The Labute approximate surface area is 130 Å². The van der Waals surface area contributed by atoms with E-state index in [1.54, 1.807) is 36.4 Å². The van der Waals surface area contributed by atoms with Crippen molar-refractivity contribution in [3.05, 3.63) is 69.1 Å². The Hall–Kier alpha value is -2.66. The van der Waals surface area contributed by atoms with E-state index >= 15 is 0 Å². The fraction of sp³-hybridized carbons (Fsp3) is 0.0625. The maximum absolute atomic E-state index is 12.4. The predicted molar refractivity (Wildman–Crippen MR) is 86.5 cm³/mol. The van der Waals surface area contributed by atoms with Crippen molar-refractivity contribution in [1.29, 1.82) is 0 Å². The number of rotatable bonds is 2. The molecule has 0 atom stereocenters. The molecule has 2 aromatic carbocycles. The zero-order valence-electron chi connectivity index (χ0n) is 11.7. The van der Waals surface area contributed by atoms with Crippen molar-refractivity contribution in [2.75, 3.05) is 5.32 Å². The predicted octanol–water partition coefficient (Wildman–Crippen LogP) is 3.14. The number of carbonyl (C=O) groups is 1. The number of anilines is 1. The van der Waals surface area contributed by atoms with Crippen LogP contribution in [0.3, 0.4) is 0 Å². The first-order chi connectivity index (χ1) is 10.6. The number of carbonyl (C=O) groups excluding carboxylic acids is 1. The van der Waals surface area contributed by atoms with Crippen molar-refractivity contribution in [1.82, 2.24) is 10.2 Å². The summed E-state index contributed by atoms with van der Waals surface area (Å²) < 4.78 is 0. The number of halogens is 1. The average Bonchev–Trinajstić information content (AvgIpc) is 2.51. The van der Waals surface area contributed by atoms with Crippen LogP contribution < -0.4 is 10.9 Å². The number of fused-ring (bicyclic) bond motifs is 1. The van der Waals surface area contributed by atoms with E-state index in [-0.39, 0.29) is 11.3 Å². The van der Waals surface area contributed by atoms with E-state index in [4.69, 9.17) is 11.6 Å². The summed E-state index contributed by atoms with van der Waals surface area (Å²) in [5.41, 5.74) is 1.32. The van der Waals surface area contributed by atoms with Gasteiger partial charge in [0.1, 0.15) is 0 Å². The van der Waals surface area contributed by atoms with Crippen molar-refractivity contribution in [2.45, 2.75) is 6.92 Å². The summed E-state index contributed by atoms with van der Waals surface area (Å²) in [4.78, 5) is 24.1. The Morgan fingerprint density at radius 3 is 2.64 bits per heavy atom. The minimum atomic E-state index is -0.410.